The SMILES string of the molecule is O=C(CC(C1=NCCC1)[P+](O)(O)O)[P+](O)(O)O. The maximum atomic E-state index is 11.2. The van der Waals surface area contributed by atoms with Crippen LogP contribution in [0.15, 0.2) is 4.99 Å². The molecule has 10 heteroatoms. The highest BCUT2D eigenvalue weighted by Crippen LogP contribution is 2.56. The fourth-order valence-electron chi connectivity index (χ4n) is 1.56. The summed E-state index contributed by atoms with van der Waals surface area (Å²) < 4.78 is 0. The molecule has 8 nitrogen and oxygen atoms in total. The average molecular weight is 287 g/mol. The lowest BCUT2D eigenvalue weighted by Crippen LogP contribution is -2.26. The van der Waals surface area contributed by atoms with Crippen molar-refractivity contribution in [2.24, 2.45) is 4.99 Å². The summed E-state index contributed by atoms with van der Waals surface area (Å²) in [4.78, 5) is 69.0. The Morgan fingerprint density at radius 2 is 1.82 bits per heavy atom. The second-order valence-corrected chi connectivity index (χ2v) is 7.26. The first-order valence-electron chi connectivity index (χ1n) is 4.83. The molecule has 98 valence electrons. The Morgan fingerprint density at radius 1 is 1.24 bits per heavy atom. The van der Waals surface area contributed by atoms with E-state index in [4.69, 9.17) is 14.7 Å². The number of rotatable bonds is 5. The van der Waals surface area contributed by atoms with Gasteiger partial charge in [-0.25, -0.2) is 4.79 Å². The Balaban J connectivity index is 2.82. The molecule has 0 bridgehead atoms. The van der Waals surface area contributed by atoms with E-state index in [-0.39, 0.29) is 5.71 Å². The van der Waals surface area contributed by atoms with E-state index in [2.05, 4.69) is 4.99 Å². The van der Waals surface area contributed by atoms with E-state index >= 15 is 0 Å². The lowest BCUT2D eigenvalue weighted by Gasteiger charge is -2.16. The summed E-state index contributed by atoms with van der Waals surface area (Å²) in [7, 11) is -9.05. The zero-order valence-electron chi connectivity index (χ0n) is 8.84. The number of hydrogen-bond donors (Lipinski definition) is 6. The van der Waals surface area contributed by atoms with Gasteiger partial charge < -0.3 is 0 Å². The van der Waals surface area contributed by atoms with Crippen LogP contribution in [0.25, 0.3) is 0 Å². The lowest BCUT2D eigenvalue weighted by atomic mass is 10.1. The molecule has 0 saturated heterocycles. The highest BCUT2D eigenvalue weighted by Gasteiger charge is 2.53. The van der Waals surface area contributed by atoms with Crippen molar-refractivity contribution in [3.8, 4) is 0 Å². The number of carbonyl (C=O) groups is 1. The Hall–Kier alpha value is -0.0400. The minimum Gasteiger partial charge on any atom is -0.290 e. The minimum absolute atomic E-state index is 0.257. The standard InChI is InChI=1S/C7H15NO7P2/c9-7(17(13,14)15)4-6(16(10,11)12)5-2-1-3-8-5/h6,10-15H,1-4H2/q+2. The van der Waals surface area contributed by atoms with Crippen molar-refractivity contribution in [2.75, 3.05) is 6.54 Å². The number of aliphatic imine (C=N–C) groups is 1. The van der Waals surface area contributed by atoms with E-state index in [0.29, 0.717) is 19.4 Å². The number of hydrogen-bond acceptors (Lipinski definition) is 8. The van der Waals surface area contributed by atoms with E-state index in [0.717, 1.165) is 0 Å². The van der Waals surface area contributed by atoms with Gasteiger partial charge in [-0.2, -0.15) is 29.4 Å². The molecule has 0 spiro atoms. The average Bonchev–Trinajstić information content (AvgIpc) is 2.62. The van der Waals surface area contributed by atoms with Crippen LogP contribution in [-0.4, -0.2) is 52.8 Å². The summed E-state index contributed by atoms with van der Waals surface area (Å²) in [6.07, 6.45) is 0.306. The molecule has 0 aromatic carbocycles. The molecule has 0 aliphatic carbocycles. The van der Waals surface area contributed by atoms with Gasteiger partial charge in [-0.05, 0) is 12.8 Å². The molecule has 17 heavy (non-hydrogen) atoms. The van der Waals surface area contributed by atoms with Crippen molar-refractivity contribution in [1.29, 1.82) is 0 Å². The van der Waals surface area contributed by atoms with Crippen LogP contribution < -0.4 is 0 Å². The van der Waals surface area contributed by atoms with Crippen molar-refractivity contribution in [1.82, 2.24) is 0 Å². The topological polar surface area (TPSA) is 151 Å². The van der Waals surface area contributed by atoms with Gasteiger partial charge in [0.25, 0.3) is 0 Å². The van der Waals surface area contributed by atoms with Crippen molar-refractivity contribution in [3.63, 3.8) is 0 Å². The third-order valence-corrected chi connectivity index (χ3v) is 4.58. The Labute approximate surface area is 98.4 Å². The normalized spacial score (nSPS) is 19.1. The molecule has 0 amide bonds. The Morgan fingerprint density at radius 3 is 2.18 bits per heavy atom. The molecule has 1 unspecified atom stereocenters. The molecule has 1 aliphatic rings. The van der Waals surface area contributed by atoms with E-state index < -0.39 is 33.5 Å². The first-order valence-corrected chi connectivity index (χ1v) is 8.19. The molecule has 1 aliphatic heterocycles. The van der Waals surface area contributed by atoms with E-state index in [1.165, 1.54) is 0 Å². The minimum atomic E-state index is -4.68. The van der Waals surface area contributed by atoms with Crippen LogP contribution in [0.4, 0.5) is 0 Å². The molecule has 0 aromatic rings. The van der Waals surface area contributed by atoms with E-state index in [9.17, 15) is 19.5 Å². The van der Waals surface area contributed by atoms with E-state index in [1.807, 2.05) is 0 Å². The molecule has 0 aromatic heterocycles. The third kappa shape index (κ3) is 4.28. The maximum absolute atomic E-state index is 11.2. The molecule has 1 rings (SSSR count). The summed E-state index contributed by atoms with van der Waals surface area (Å²) in [5, 5.41) is 0. The van der Waals surface area contributed by atoms with Gasteiger partial charge in [0.15, 0.2) is 5.66 Å². The molecule has 0 fully saturated rings. The first-order chi connectivity index (χ1) is 7.62. The van der Waals surface area contributed by atoms with Gasteiger partial charge in [-0.3, -0.25) is 4.99 Å². The zero-order valence-corrected chi connectivity index (χ0v) is 10.6. The van der Waals surface area contributed by atoms with Crippen LogP contribution in [0.1, 0.15) is 19.3 Å². The molecule has 1 heterocycles. The lowest BCUT2D eigenvalue weighted by molar-refractivity contribution is -0.114. The quantitative estimate of drug-likeness (QED) is 0.354. The zero-order chi connectivity index (χ0) is 13.3. The summed E-state index contributed by atoms with van der Waals surface area (Å²) in [6.45, 7) is 0.456. The fraction of sp³-hybridized carbons (Fsp3) is 0.714. The Bertz CT molecular complexity index is 332. The van der Waals surface area contributed by atoms with Crippen LogP contribution in [0.3, 0.4) is 0 Å². The highest BCUT2D eigenvalue weighted by molar-refractivity contribution is 7.76. The predicted molar refractivity (Wildman–Crippen MR) is 62.1 cm³/mol. The fourth-order valence-corrected chi connectivity index (χ4v) is 3.15. The van der Waals surface area contributed by atoms with Crippen LogP contribution in [0.2, 0.25) is 0 Å². The molecule has 1 atom stereocenters. The summed E-state index contributed by atoms with van der Waals surface area (Å²) in [6, 6.07) is 0. The van der Waals surface area contributed by atoms with Gasteiger partial charge in [0.05, 0.1) is 5.71 Å². The van der Waals surface area contributed by atoms with Gasteiger partial charge in [0, 0.05) is 6.54 Å². The number of carbonyl (C=O) groups excluding carboxylic acids is 1. The first kappa shape index (κ1) is 15.0. The van der Waals surface area contributed by atoms with Crippen molar-refractivity contribution in [2.45, 2.75) is 24.9 Å². The van der Waals surface area contributed by atoms with Crippen molar-refractivity contribution < 1.29 is 34.2 Å². The largest absolute Gasteiger partial charge is 0.478 e. The third-order valence-electron chi connectivity index (χ3n) is 2.41. The van der Waals surface area contributed by atoms with Gasteiger partial charge in [0.1, 0.15) is 6.42 Å². The molecule has 0 saturated carbocycles. The van der Waals surface area contributed by atoms with Gasteiger partial charge in [-0.1, -0.05) is 0 Å². The monoisotopic (exact) mass is 287 g/mol. The highest BCUT2D eigenvalue weighted by atomic mass is 31.2. The van der Waals surface area contributed by atoms with Crippen LogP contribution in [0.5, 0.6) is 0 Å². The maximum Gasteiger partial charge on any atom is 0.478 e. The molecular formula is C7H15NO7P2+2. The van der Waals surface area contributed by atoms with Gasteiger partial charge in [0.2, 0.25) is 0 Å². The second kappa shape index (κ2) is 5.30. The molecule has 0 radical (unpaired) electrons. The smallest absolute Gasteiger partial charge is 0.290 e. The van der Waals surface area contributed by atoms with Gasteiger partial charge in [-0.15, -0.1) is 0 Å². The predicted octanol–water partition coefficient (Wildman–Crippen LogP) is -1.01. The second-order valence-electron chi connectivity index (χ2n) is 3.77. The summed E-state index contributed by atoms with van der Waals surface area (Å²) in [5.74, 6) is 0. The Kier molecular flexibility index (Phi) is 4.68. The van der Waals surface area contributed by atoms with Crippen molar-refractivity contribution >= 4 is 27.1 Å². The van der Waals surface area contributed by atoms with Gasteiger partial charge >= 0.3 is 21.4 Å². The van der Waals surface area contributed by atoms with Crippen LogP contribution >= 0.6 is 15.9 Å². The summed E-state index contributed by atoms with van der Waals surface area (Å²) >= 11 is 0. The van der Waals surface area contributed by atoms with Crippen molar-refractivity contribution in [3.05, 3.63) is 0 Å². The van der Waals surface area contributed by atoms with Crippen LogP contribution in [0, 0.1) is 0 Å². The number of nitrogens with zero attached hydrogens (tertiary/aromatic N) is 1. The summed E-state index contributed by atoms with van der Waals surface area (Å²) in [5.41, 5.74) is -2.42. The molecular weight excluding hydrogens is 272 g/mol. The van der Waals surface area contributed by atoms with Crippen LogP contribution in [-0.2, 0) is 4.79 Å². The molecule has 6 N–H and O–H groups in total. The van der Waals surface area contributed by atoms with E-state index in [1.54, 1.807) is 0 Å².